The molecule has 0 saturated heterocycles. The van der Waals surface area contributed by atoms with E-state index in [2.05, 4.69) is 50.2 Å². The van der Waals surface area contributed by atoms with E-state index in [1.807, 2.05) is 6.08 Å². The van der Waals surface area contributed by atoms with Gasteiger partial charge in [-0.15, -0.1) is 0 Å². The molecule has 0 heterocycles. The van der Waals surface area contributed by atoms with Gasteiger partial charge in [0.05, 0.1) is 5.71 Å². The van der Waals surface area contributed by atoms with Crippen LogP contribution in [0.25, 0.3) is 0 Å². The Kier molecular flexibility index (Phi) is 5.36. The van der Waals surface area contributed by atoms with Crippen LogP contribution in [0.4, 0.5) is 0 Å². The first kappa shape index (κ1) is 16.3. The SMILES string of the molecule is CC1=C/C(=N\OCC(=O)O)C[C@H](c2ccc(C(C)C)cc2)C1. The highest BCUT2D eigenvalue weighted by molar-refractivity contribution is 5.96. The number of carboxylic acid groups (broad SMARTS) is 1. The van der Waals surface area contributed by atoms with Gasteiger partial charge in [-0.25, -0.2) is 4.79 Å². The van der Waals surface area contributed by atoms with Crippen LogP contribution in [0.3, 0.4) is 0 Å². The molecule has 22 heavy (non-hydrogen) atoms. The summed E-state index contributed by atoms with van der Waals surface area (Å²) in [4.78, 5) is 15.3. The molecule has 0 saturated carbocycles. The highest BCUT2D eigenvalue weighted by Gasteiger charge is 2.20. The van der Waals surface area contributed by atoms with Crippen molar-refractivity contribution in [1.29, 1.82) is 0 Å². The summed E-state index contributed by atoms with van der Waals surface area (Å²) in [6.07, 6.45) is 3.76. The normalized spacial score (nSPS) is 20.1. The van der Waals surface area contributed by atoms with Crippen LogP contribution in [0.2, 0.25) is 0 Å². The summed E-state index contributed by atoms with van der Waals surface area (Å²) in [5.74, 6) is -0.108. The summed E-state index contributed by atoms with van der Waals surface area (Å²) >= 11 is 0. The third kappa shape index (κ3) is 4.45. The van der Waals surface area contributed by atoms with Crippen molar-refractivity contribution in [2.24, 2.45) is 5.16 Å². The molecule has 1 atom stereocenters. The molecule has 0 bridgehead atoms. The summed E-state index contributed by atoms with van der Waals surface area (Å²) in [7, 11) is 0. The van der Waals surface area contributed by atoms with E-state index in [1.165, 1.54) is 16.7 Å². The second-order valence-corrected chi connectivity index (χ2v) is 6.17. The Hall–Kier alpha value is -2.10. The number of benzene rings is 1. The van der Waals surface area contributed by atoms with Crippen molar-refractivity contribution < 1.29 is 14.7 Å². The number of carbonyl (C=O) groups is 1. The molecule has 1 aromatic rings. The number of oxime groups is 1. The largest absolute Gasteiger partial charge is 0.479 e. The van der Waals surface area contributed by atoms with Gasteiger partial charge in [-0.2, -0.15) is 0 Å². The third-order valence-electron chi connectivity index (χ3n) is 3.88. The van der Waals surface area contributed by atoms with Crippen LogP contribution < -0.4 is 0 Å². The average Bonchev–Trinajstić information content (AvgIpc) is 2.46. The van der Waals surface area contributed by atoms with E-state index in [9.17, 15) is 4.79 Å². The van der Waals surface area contributed by atoms with Crippen molar-refractivity contribution >= 4 is 11.7 Å². The molecule has 118 valence electrons. The second-order valence-electron chi connectivity index (χ2n) is 6.17. The molecule has 0 radical (unpaired) electrons. The molecule has 4 nitrogen and oxygen atoms in total. The molecular formula is C18H23NO3. The van der Waals surface area contributed by atoms with Crippen molar-refractivity contribution in [3.05, 3.63) is 47.0 Å². The van der Waals surface area contributed by atoms with Gasteiger partial charge in [0.2, 0.25) is 6.61 Å². The molecule has 0 spiro atoms. The molecule has 1 aliphatic rings. The zero-order valence-electron chi connectivity index (χ0n) is 13.4. The Labute approximate surface area is 131 Å². The number of carboxylic acids is 1. The highest BCUT2D eigenvalue weighted by Crippen LogP contribution is 2.32. The predicted molar refractivity (Wildman–Crippen MR) is 87.3 cm³/mol. The minimum atomic E-state index is -1.01. The zero-order chi connectivity index (χ0) is 16.1. The number of hydrogen-bond acceptors (Lipinski definition) is 3. The molecule has 0 fully saturated rings. The van der Waals surface area contributed by atoms with E-state index in [0.29, 0.717) is 11.8 Å². The molecule has 0 unspecified atom stereocenters. The van der Waals surface area contributed by atoms with E-state index < -0.39 is 12.6 Å². The van der Waals surface area contributed by atoms with E-state index in [0.717, 1.165) is 18.6 Å². The molecule has 1 N–H and O–H groups in total. The fourth-order valence-electron chi connectivity index (χ4n) is 2.74. The zero-order valence-corrected chi connectivity index (χ0v) is 13.4. The second kappa shape index (κ2) is 7.25. The smallest absolute Gasteiger partial charge is 0.344 e. The Balaban J connectivity index is 2.09. The molecule has 1 aromatic carbocycles. The minimum Gasteiger partial charge on any atom is -0.479 e. The molecular weight excluding hydrogens is 278 g/mol. The Morgan fingerprint density at radius 3 is 2.59 bits per heavy atom. The summed E-state index contributed by atoms with van der Waals surface area (Å²) in [5.41, 5.74) is 4.68. The van der Waals surface area contributed by atoms with E-state index in [1.54, 1.807) is 0 Å². The average molecular weight is 301 g/mol. The lowest BCUT2D eigenvalue weighted by atomic mass is 9.83. The van der Waals surface area contributed by atoms with Gasteiger partial charge in [0.15, 0.2) is 0 Å². The molecule has 0 aliphatic heterocycles. The van der Waals surface area contributed by atoms with E-state index in [4.69, 9.17) is 9.94 Å². The van der Waals surface area contributed by atoms with E-state index in [-0.39, 0.29) is 0 Å². The summed E-state index contributed by atoms with van der Waals surface area (Å²) in [6.45, 7) is 6.05. The number of nitrogens with zero attached hydrogens (tertiary/aromatic N) is 1. The van der Waals surface area contributed by atoms with Gasteiger partial charge >= 0.3 is 5.97 Å². The van der Waals surface area contributed by atoms with Crippen LogP contribution >= 0.6 is 0 Å². The highest BCUT2D eigenvalue weighted by atomic mass is 16.6. The van der Waals surface area contributed by atoms with Crippen LogP contribution in [0.5, 0.6) is 0 Å². The predicted octanol–water partition coefficient (Wildman–Crippen LogP) is 4.09. The Bertz CT molecular complexity index is 585. The Morgan fingerprint density at radius 1 is 1.32 bits per heavy atom. The van der Waals surface area contributed by atoms with Gasteiger partial charge in [-0.1, -0.05) is 48.8 Å². The van der Waals surface area contributed by atoms with Crippen molar-refractivity contribution in [3.8, 4) is 0 Å². The standard InChI is InChI=1S/C18H23NO3/c1-12(2)14-4-6-15(7-5-14)16-8-13(3)9-17(10-16)19-22-11-18(20)21/h4-7,9,12,16H,8,10-11H2,1-3H3,(H,20,21)/b19-17+/t16-/m1/s1. The van der Waals surface area contributed by atoms with Crippen molar-refractivity contribution in [1.82, 2.24) is 0 Å². The minimum absolute atomic E-state index is 0.374. The fourth-order valence-corrected chi connectivity index (χ4v) is 2.74. The Morgan fingerprint density at radius 2 is 2.00 bits per heavy atom. The quantitative estimate of drug-likeness (QED) is 0.833. The fraction of sp³-hybridized carbons (Fsp3) is 0.444. The van der Waals surface area contributed by atoms with Crippen LogP contribution in [-0.2, 0) is 9.63 Å². The van der Waals surface area contributed by atoms with Gasteiger partial charge in [0.1, 0.15) is 0 Å². The summed E-state index contributed by atoms with van der Waals surface area (Å²) < 4.78 is 0. The topological polar surface area (TPSA) is 58.9 Å². The van der Waals surface area contributed by atoms with Crippen LogP contribution in [0.1, 0.15) is 56.6 Å². The lowest BCUT2D eigenvalue weighted by molar-refractivity contribution is -0.142. The summed E-state index contributed by atoms with van der Waals surface area (Å²) in [6, 6.07) is 8.75. The number of allylic oxidation sites excluding steroid dienone is 2. The maximum atomic E-state index is 10.5. The number of hydrogen-bond donors (Lipinski definition) is 1. The van der Waals surface area contributed by atoms with Crippen LogP contribution in [-0.4, -0.2) is 23.4 Å². The van der Waals surface area contributed by atoms with Crippen molar-refractivity contribution in [2.75, 3.05) is 6.61 Å². The molecule has 0 amide bonds. The van der Waals surface area contributed by atoms with Gasteiger partial charge in [-0.3, -0.25) is 0 Å². The van der Waals surface area contributed by atoms with Gasteiger partial charge in [0, 0.05) is 6.42 Å². The lowest BCUT2D eigenvalue weighted by Gasteiger charge is -2.23. The monoisotopic (exact) mass is 301 g/mol. The first-order valence-corrected chi connectivity index (χ1v) is 7.63. The van der Waals surface area contributed by atoms with E-state index >= 15 is 0 Å². The van der Waals surface area contributed by atoms with Crippen molar-refractivity contribution in [3.63, 3.8) is 0 Å². The number of aliphatic carboxylic acids is 1. The molecule has 0 aromatic heterocycles. The maximum Gasteiger partial charge on any atom is 0.344 e. The maximum absolute atomic E-state index is 10.5. The molecule has 4 heteroatoms. The lowest BCUT2D eigenvalue weighted by Crippen LogP contribution is -2.13. The summed E-state index contributed by atoms with van der Waals surface area (Å²) in [5, 5.41) is 12.5. The third-order valence-corrected chi connectivity index (χ3v) is 3.88. The van der Waals surface area contributed by atoms with Crippen LogP contribution in [0, 0.1) is 0 Å². The molecule has 2 rings (SSSR count). The molecule has 1 aliphatic carbocycles. The first-order chi connectivity index (χ1) is 10.5. The van der Waals surface area contributed by atoms with Crippen LogP contribution in [0.15, 0.2) is 41.1 Å². The van der Waals surface area contributed by atoms with Gasteiger partial charge < -0.3 is 9.94 Å². The van der Waals surface area contributed by atoms with Gasteiger partial charge in [-0.05, 0) is 42.4 Å². The first-order valence-electron chi connectivity index (χ1n) is 7.63. The van der Waals surface area contributed by atoms with Gasteiger partial charge in [0.25, 0.3) is 0 Å². The van der Waals surface area contributed by atoms with Crippen molar-refractivity contribution in [2.45, 2.75) is 45.4 Å². The number of rotatable bonds is 5.